The highest BCUT2D eigenvalue weighted by Gasteiger charge is 2.30. The third kappa shape index (κ3) is 5.12. The predicted molar refractivity (Wildman–Crippen MR) is 112 cm³/mol. The van der Waals surface area contributed by atoms with Crippen molar-refractivity contribution in [3.8, 4) is 11.4 Å². The molecule has 0 spiro atoms. The molecule has 1 aromatic heterocycles. The van der Waals surface area contributed by atoms with Crippen LogP contribution in [0.3, 0.4) is 0 Å². The molecular weight excluding hydrogens is 415 g/mol. The summed E-state index contributed by atoms with van der Waals surface area (Å²) in [5, 5.41) is 11.3. The van der Waals surface area contributed by atoms with Gasteiger partial charge in [-0.2, -0.15) is 13.2 Å². The van der Waals surface area contributed by atoms with E-state index in [0.29, 0.717) is 11.0 Å². The molecule has 30 heavy (non-hydrogen) atoms. The normalized spacial score (nSPS) is 11.4. The number of nitrogens with one attached hydrogen (secondary N) is 1. The predicted octanol–water partition coefficient (Wildman–Crippen LogP) is 4.30. The van der Waals surface area contributed by atoms with E-state index in [1.165, 1.54) is 12.1 Å². The molecule has 2 aromatic carbocycles. The van der Waals surface area contributed by atoms with E-state index in [-0.39, 0.29) is 11.4 Å². The number of anilines is 2. The molecule has 1 heterocycles. The molecule has 0 fully saturated rings. The van der Waals surface area contributed by atoms with Gasteiger partial charge in [0.1, 0.15) is 0 Å². The Labute approximate surface area is 176 Å². The number of benzene rings is 2. The molecular formula is C20H20F3N5OS. The SMILES string of the molecule is CN(C)c1ccc(-c2nnc(SCC(=O)Nc3cccc(C(F)(F)F)c3)n2C)cc1. The number of hydrogen-bond donors (Lipinski definition) is 1. The minimum absolute atomic E-state index is 0.0121. The van der Waals surface area contributed by atoms with E-state index in [0.717, 1.165) is 35.1 Å². The van der Waals surface area contributed by atoms with E-state index in [9.17, 15) is 18.0 Å². The van der Waals surface area contributed by atoms with Crippen LogP contribution in [0.1, 0.15) is 5.56 Å². The number of rotatable bonds is 6. The van der Waals surface area contributed by atoms with Gasteiger partial charge in [0.15, 0.2) is 11.0 Å². The first kappa shape index (κ1) is 21.7. The van der Waals surface area contributed by atoms with Gasteiger partial charge in [-0.05, 0) is 42.5 Å². The first-order valence-corrected chi connectivity index (χ1v) is 9.91. The highest BCUT2D eigenvalue weighted by Crippen LogP contribution is 2.31. The van der Waals surface area contributed by atoms with Gasteiger partial charge in [-0.3, -0.25) is 4.79 Å². The van der Waals surface area contributed by atoms with Crippen LogP contribution in [0, 0.1) is 0 Å². The van der Waals surface area contributed by atoms with E-state index in [1.807, 2.05) is 43.3 Å². The lowest BCUT2D eigenvalue weighted by Crippen LogP contribution is -2.15. The Balaban J connectivity index is 1.63. The Morgan fingerprint density at radius 1 is 1.13 bits per heavy atom. The summed E-state index contributed by atoms with van der Waals surface area (Å²) >= 11 is 1.15. The number of alkyl halides is 3. The van der Waals surface area contributed by atoms with Crippen LogP contribution in [0.15, 0.2) is 53.7 Å². The number of nitrogens with zero attached hydrogens (tertiary/aromatic N) is 4. The van der Waals surface area contributed by atoms with Crippen molar-refractivity contribution in [3.05, 3.63) is 54.1 Å². The summed E-state index contributed by atoms with van der Waals surface area (Å²) in [5.74, 6) is 0.210. The van der Waals surface area contributed by atoms with E-state index in [2.05, 4.69) is 15.5 Å². The number of carbonyl (C=O) groups is 1. The molecule has 0 aliphatic heterocycles. The average Bonchev–Trinajstić information content (AvgIpc) is 3.06. The highest BCUT2D eigenvalue weighted by molar-refractivity contribution is 7.99. The number of halogens is 3. The summed E-state index contributed by atoms with van der Waals surface area (Å²) in [4.78, 5) is 14.2. The maximum absolute atomic E-state index is 12.8. The van der Waals surface area contributed by atoms with Crippen LogP contribution in [0.2, 0.25) is 0 Å². The van der Waals surface area contributed by atoms with Gasteiger partial charge in [0.25, 0.3) is 0 Å². The average molecular weight is 435 g/mol. The molecule has 3 aromatic rings. The zero-order valence-corrected chi connectivity index (χ0v) is 17.4. The monoisotopic (exact) mass is 435 g/mol. The molecule has 0 radical (unpaired) electrons. The third-order valence-electron chi connectivity index (χ3n) is 4.28. The summed E-state index contributed by atoms with van der Waals surface area (Å²) in [6.45, 7) is 0. The molecule has 3 rings (SSSR count). The second-order valence-electron chi connectivity index (χ2n) is 6.72. The quantitative estimate of drug-likeness (QED) is 0.585. The lowest BCUT2D eigenvalue weighted by atomic mass is 10.2. The van der Waals surface area contributed by atoms with Gasteiger partial charge in [0.2, 0.25) is 5.91 Å². The zero-order valence-electron chi connectivity index (χ0n) is 16.6. The Kier molecular flexibility index (Phi) is 6.35. The number of amides is 1. The molecule has 1 N–H and O–H groups in total. The largest absolute Gasteiger partial charge is 0.416 e. The van der Waals surface area contributed by atoms with Crippen molar-refractivity contribution in [2.45, 2.75) is 11.3 Å². The fraction of sp³-hybridized carbons (Fsp3) is 0.250. The van der Waals surface area contributed by atoms with Crippen LogP contribution < -0.4 is 10.2 Å². The van der Waals surface area contributed by atoms with Gasteiger partial charge >= 0.3 is 6.18 Å². The van der Waals surface area contributed by atoms with Crippen LogP contribution in [-0.2, 0) is 18.0 Å². The van der Waals surface area contributed by atoms with Gasteiger partial charge in [-0.15, -0.1) is 10.2 Å². The summed E-state index contributed by atoms with van der Waals surface area (Å²) in [5.41, 5.74) is 1.22. The van der Waals surface area contributed by atoms with Crippen molar-refractivity contribution in [2.75, 3.05) is 30.1 Å². The second-order valence-corrected chi connectivity index (χ2v) is 7.66. The first-order chi connectivity index (χ1) is 14.1. The topological polar surface area (TPSA) is 63.1 Å². The summed E-state index contributed by atoms with van der Waals surface area (Å²) in [6, 6.07) is 12.3. The zero-order chi connectivity index (χ0) is 21.9. The van der Waals surface area contributed by atoms with E-state index in [4.69, 9.17) is 0 Å². The molecule has 0 atom stereocenters. The maximum atomic E-state index is 12.8. The molecule has 0 aliphatic rings. The van der Waals surface area contributed by atoms with Crippen molar-refractivity contribution >= 4 is 29.0 Å². The minimum atomic E-state index is -4.46. The number of aromatic nitrogens is 3. The summed E-state index contributed by atoms with van der Waals surface area (Å²) in [7, 11) is 5.70. The minimum Gasteiger partial charge on any atom is -0.378 e. The fourth-order valence-electron chi connectivity index (χ4n) is 2.70. The Morgan fingerprint density at radius 3 is 2.47 bits per heavy atom. The summed E-state index contributed by atoms with van der Waals surface area (Å²) < 4.78 is 40.1. The van der Waals surface area contributed by atoms with Crippen molar-refractivity contribution in [3.63, 3.8) is 0 Å². The van der Waals surface area contributed by atoms with Crippen molar-refractivity contribution in [2.24, 2.45) is 7.05 Å². The van der Waals surface area contributed by atoms with E-state index >= 15 is 0 Å². The molecule has 0 saturated carbocycles. The van der Waals surface area contributed by atoms with Crippen LogP contribution in [-0.4, -0.2) is 40.5 Å². The van der Waals surface area contributed by atoms with Gasteiger partial charge in [0, 0.05) is 38.1 Å². The molecule has 6 nitrogen and oxygen atoms in total. The van der Waals surface area contributed by atoms with Crippen LogP contribution in [0.5, 0.6) is 0 Å². The van der Waals surface area contributed by atoms with Gasteiger partial charge < -0.3 is 14.8 Å². The lowest BCUT2D eigenvalue weighted by Gasteiger charge is -2.12. The fourth-order valence-corrected chi connectivity index (χ4v) is 3.41. The molecule has 158 valence electrons. The van der Waals surface area contributed by atoms with Crippen molar-refractivity contribution < 1.29 is 18.0 Å². The number of thioether (sulfide) groups is 1. The van der Waals surface area contributed by atoms with E-state index < -0.39 is 17.6 Å². The number of carbonyl (C=O) groups excluding carboxylic acids is 1. The molecule has 10 heteroatoms. The maximum Gasteiger partial charge on any atom is 0.416 e. The van der Waals surface area contributed by atoms with E-state index in [1.54, 1.807) is 11.6 Å². The summed E-state index contributed by atoms with van der Waals surface area (Å²) in [6.07, 6.45) is -4.46. The van der Waals surface area contributed by atoms with Crippen LogP contribution in [0.25, 0.3) is 11.4 Å². The molecule has 0 bridgehead atoms. The van der Waals surface area contributed by atoms with Gasteiger partial charge in [0.05, 0.1) is 11.3 Å². The Hall–Kier alpha value is -3.01. The van der Waals surface area contributed by atoms with Crippen LogP contribution >= 0.6 is 11.8 Å². The number of hydrogen-bond acceptors (Lipinski definition) is 5. The molecule has 0 aliphatic carbocycles. The Morgan fingerprint density at radius 2 is 1.83 bits per heavy atom. The van der Waals surface area contributed by atoms with Gasteiger partial charge in [-0.25, -0.2) is 0 Å². The van der Waals surface area contributed by atoms with Crippen molar-refractivity contribution in [1.29, 1.82) is 0 Å². The first-order valence-electron chi connectivity index (χ1n) is 8.92. The third-order valence-corrected chi connectivity index (χ3v) is 5.30. The lowest BCUT2D eigenvalue weighted by molar-refractivity contribution is -0.137. The highest BCUT2D eigenvalue weighted by atomic mass is 32.2. The van der Waals surface area contributed by atoms with Crippen LogP contribution in [0.4, 0.5) is 24.5 Å². The Bertz CT molecular complexity index is 1030. The molecule has 0 unspecified atom stereocenters. The van der Waals surface area contributed by atoms with Crippen molar-refractivity contribution in [1.82, 2.24) is 14.8 Å². The smallest absolute Gasteiger partial charge is 0.378 e. The molecule has 0 saturated heterocycles. The second kappa shape index (κ2) is 8.78. The van der Waals surface area contributed by atoms with Gasteiger partial charge in [-0.1, -0.05) is 17.8 Å². The standard InChI is InChI=1S/C20H20F3N5OS/c1-27(2)16-9-7-13(8-10-16)18-25-26-19(28(18)3)30-12-17(29)24-15-6-4-5-14(11-15)20(21,22)23/h4-11H,12H2,1-3H3,(H,24,29). The molecule has 1 amide bonds.